The average Bonchev–Trinajstić information content (AvgIpc) is 3.22. The lowest BCUT2D eigenvalue weighted by atomic mass is 9.88. The Morgan fingerprint density at radius 3 is 1.57 bits per heavy atom. The van der Waals surface area contributed by atoms with E-state index in [1.165, 1.54) is 0 Å². The van der Waals surface area contributed by atoms with E-state index in [4.69, 9.17) is 33.2 Å². The third kappa shape index (κ3) is 9.40. The van der Waals surface area contributed by atoms with Crippen LogP contribution >= 0.6 is 0 Å². The first kappa shape index (κ1) is 38.8. The fraction of sp³-hybridized carbons (Fsp3) is 0.357. The summed E-state index contributed by atoms with van der Waals surface area (Å²) in [5.74, 6) is -3.37. The predicted molar refractivity (Wildman–Crippen MR) is 193 cm³/mol. The van der Waals surface area contributed by atoms with Crippen LogP contribution in [-0.4, -0.2) is 90.5 Å². The van der Waals surface area contributed by atoms with Crippen LogP contribution in [0.2, 0.25) is 0 Å². The SMILES string of the molecule is C[C@@H]1C(OC(=O)c2ccccc2)[C@H](OCc2ccccc2)OC(COC(=O)c2ccccc2)[C@H]1O[C@@H]1OC(CO)[C@H](O)[C@H](C)C1OC(=O)c1ccccc1. The highest BCUT2D eigenvalue weighted by Gasteiger charge is 2.52. The summed E-state index contributed by atoms with van der Waals surface area (Å²) in [7, 11) is 0. The Bertz CT molecular complexity index is 1790. The molecule has 54 heavy (non-hydrogen) atoms. The number of carbonyl (C=O) groups excluding carboxylic acids is 3. The molecule has 12 heteroatoms. The van der Waals surface area contributed by atoms with Crippen molar-refractivity contribution in [2.45, 2.75) is 69.7 Å². The van der Waals surface area contributed by atoms with E-state index >= 15 is 0 Å². The minimum atomic E-state index is -1.34. The van der Waals surface area contributed by atoms with E-state index in [1.54, 1.807) is 105 Å². The van der Waals surface area contributed by atoms with Gasteiger partial charge in [0.2, 0.25) is 0 Å². The lowest BCUT2D eigenvalue weighted by molar-refractivity contribution is -0.347. The van der Waals surface area contributed by atoms with Gasteiger partial charge in [-0.25, -0.2) is 14.4 Å². The van der Waals surface area contributed by atoms with Crippen LogP contribution in [-0.2, 0) is 39.8 Å². The van der Waals surface area contributed by atoms with E-state index in [0.717, 1.165) is 5.56 Å². The Labute approximate surface area is 313 Å². The third-order valence-electron chi connectivity index (χ3n) is 9.62. The standard InChI is InChI=1S/C42H44O12/c1-26-34(44)32(23-43)50-42(36(26)52-39(46)30-19-11-5-12-20-30)54-35-27(2)37(53-40(47)31-21-13-6-14-22-31)41(49-24-28-15-7-3-8-16-28)51-33(35)25-48-38(45)29-17-9-4-10-18-29/h3-22,26-27,32-37,41-44H,23-25H2,1-2H3/t26-,27-,32?,33?,34+,35-,36?,37?,41+,42-/m0/s1. The molecule has 284 valence electrons. The first-order valence-corrected chi connectivity index (χ1v) is 17.9. The molecule has 4 aromatic carbocycles. The molecule has 2 aliphatic heterocycles. The van der Waals surface area contributed by atoms with E-state index in [9.17, 15) is 24.6 Å². The summed E-state index contributed by atoms with van der Waals surface area (Å²) in [6.07, 6.45) is -9.05. The maximum Gasteiger partial charge on any atom is 0.338 e. The van der Waals surface area contributed by atoms with Crippen LogP contribution in [0, 0.1) is 11.8 Å². The van der Waals surface area contributed by atoms with Crippen molar-refractivity contribution in [1.82, 2.24) is 0 Å². The molecule has 10 atom stereocenters. The second-order valence-electron chi connectivity index (χ2n) is 13.3. The molecule has 0 amide bonds. The Kier molecular flexibility index (Phi) is 13.2. The van der Waals surface area contributed by atoms with Crippen LogP contribution < -0.4 is 0 Å². The second kappa shape index (κ2) is 18.4. The molecule has 0 aliphatic carbocycles. The fourth-order valence-corrected chi connectivity index (χ4v) is 6.53. The van der Waals surface area contributed by atoms with Crippen LogP contribution in [0.1, 0.15) is 50.5 Å². The molecule has 0 aromatic heterocycles. The van der Waals surface area contributed by atoms with Crippen LogP contribution in [0.25, 0.3) is 0 Å². The molecule has 12 nitrogen and oxygen atoms in total. The average molecular weight is 741 g/mol. The molecule has 0 bridgehead atoms. The van der Waals surface area contributed by atoms with E-state index in [1.807, 2.05) is 30.3 Å². The number of hydrogen-bond donors (Lipinski definition) is 2. The van der Waals surface area contributed by atoms with Gasteiger partial charge in [-0.15, -0.1) is 0 Å². The summed E-state index contributed by atoms with van der Waals surface area (Å²) in [6.45, 7) is 2.68. The van der Waals surface area contributed by atoms with Crippen molar-refractivity contribution in [3.8, 4) is 0 Å². The molecule has 2 saturated heterocycles. The van der Waals surface area contributed by atoms with Crippen molar-refractivity contribution in [3.05, 3.63) is 144 Å². The molecule has 4 aromatic rings. The summed E-state index contributed by atoms with van der Waals surface area (Å²) in [6, 6.07) is 34.6. The van der Waals surface area contributed by atoms with Gasteiger partial charge in [-0.2, -0.15) is 0 Å². The van der Waals surface area contributed by atoms with E-state index in [0.29, 0.717) is 11.1 Å². The summed E-state index contributed by atoms with van der Waals surface area (Å²) >= 11 is 0. The molecule has 6 rings (SSSR count). The van der Waals surface area contributed by atoms with Crippen molar-refractivity contribution in [1.29, 1.82) is 0 Å². The minimum Gasteiger partial charge on any atom is -0.459 e. The van der Waals surface area contributed by atoms with Crippen LogP contribution in [0.3, 0.4) is 0 Å². The Morgan fingerprint density at radius 2 is 1.06 bits per heavy atom. The number of esters is 3. The minimum absolute atomic E-state index is 0.108. The van der Waals surface area contributed by atoms with Crippen molar-refractivity contribution in [3.63, 3.8) is 0 Å². The van der Waals surface area contributed by atoms with Gasteiger partial charge in [-0.05, 0) is 42.0 Å². The largest absolute Gasteiger partial charge is 0.459 e. The first-order valence-electron chi connectivity index (χ1n) is 17.9. The molecule has 2 N–H and O–H groups in total. The zero-order valence-electron chi connectivity index (χ0n) is 29.9. The molecule has 0 spiro atoms. The smallest absolute Gasteiger partial charge is 0.338 e. The Hall–Kier alpha value is -4.95. The highest BCUT2D eigenvalue weighted by Crippen LogP contribution is 2.37. The quantitative estimate of drug-likeness (QED) is 0.140. The highest BCUT2D eigenvalue weighted by atomic mass is 16.7. The summed E-state index contributed by atoms with van der Waals surface area (Å²) in [5, 5.41) is 21.2. The van der Waals surface area contributed by atoms with Crippen molar-refractivity contribution in [2.75, 3.05) is 13.2 Å². The summed E-state index contributed by atoms with van der Waals surface area (Å²) < 4.78 is 43.3. The van der Waals surface area contributed by atoms with Crippen LogP contribution in [0.5, 0.6) is 0 Å². The fourth-order valence-electron chi connectivity index (χ4n) is 6.53. The molecule has 2 aliphatic rings. The normalized spacial score (nSPS) is 28.1. The van der Waals surface area contributed by atoms with E-state index < -0.39 is 85.6 Å². The summed E-state index contributed by atoms with van der Waals surface area (Å²) in [4.78, 5) is 40.0. The lowest BCUT2D eigenvalue weighted by Gasteiger charge is -2.48. The zero-order chi connectivity index (χ0) is 38.0. The lowest BCUT2D eigenvalue weighted by Crippen LogP contribution is -2.62. The first-order chi connectivity index (χ1) is 26.2. The van der Waals surface area contributed by atoms with Gasteiger partial charge >= 0.3 is 17.9 Å². The monoisotopic (exact) mass is 740 g/mol. The van der Waals surface area contributed by atoms with Crippen molar-refractivity contribution < 1.29 is 57.8 Å². The van der Waals surface area contributed by atoms with Gasteiger partial charge in [-0.1, -0.05) is 98.8 Å². The van der Waals surface area contributed by atoms with Crippen LogP contribution in [0.4, 0.5) is 0 Å². The number of aliphatic hydroxyl groups excluding tert-OH is 2. The van der Waals surface area contributed by atoms with Gasteiger partial charge in [0.25, 0.3) is 0 Å². The van der Waals surface area contributed by atoms with E-state index in [2.05, 4.69) is 0 Å². The number of benzene rings is 4. The molecule has 2 fully saturated rings. The Morgan fingerprint density at radius 1 is 0.593 bits per heavy atom. The maximum atomic E-state index is 13.5. The third-order valence-corrected chi connectivity index (χ3v) is 9.62. The molecular formula is C42H44O12. The van der Waals surface area contributed by atoms with E-state index in [-0.39, 0.29) is 18.8 Å². The molecule has 0 saturated carbocycles. The molecule has 2 heterocycles. The number of ether oxygens (including phenoxy) is 7. The molecule has 4 unspecified atom stereocenters. The number of aliphatic hydroxyl groups is 2. The molecule has 0 radical (unpaired) electrons. The van der Waals surface area contributed by atoms with Crippen molar-refractivity contribution in [2.24, 2.45) is 11.8 Å². The number of hydrogen-bond acceptors (Lipinski definition) is 12. The molecular weight excluding hydrogens is 696 g/mol. The predicted octanol–water partition coefficient (Wildman–Crippen LogP) is 4.97. The van der Waals surface area contributed by atoms with Crippen LogP contribution in [0.15, 0.2) is 121 Å². The highest BCUT2D eigenvalue weighted by molar-refractivity contribution is 5.90. The maximum absolute atomic E-state index is 13.5. The van der Waals surface area contributed by atoms with Gasteiger partial charge < -0.3 is 43.4 Å². The second-order valence-corrected chi connectivity index (χ2v) is 13.3. The Balaban J connectivity index is 1.32. The topological polar surface area (TPSA) is 156 Å². The van der Waals surface area contributed by atoms with Gasteiger partial charge in [0.05, 0.1) is 42.1 Å². The summed E-state index contributed by atoms with van der Waals surface area (Å²) in [5.41, 5.74) is 1.74. The van der Waals surface area contributed by atoms with Gasteiger partial charge in [0.1, 0.15) is 18.8 Å². The van der Waals surface area contributed by atoms with Gasteiger partial charge in [0.15, 0.2) is 24.8 Å². The van der Waals surface area contributed by atoms with Gasteiger partial charge in [-0.3, -0.25) is 0 Å². The van der Waals surface area contributed by atoms with Gasteiger partial charge in [0, 0.05) is 11.8 Å². The number of rotatable bonds is 13. The zero-order valence-corrected chi connectivity index (χ0v) is 29.9. The van der Waals surface area contributed by atoms with Crippen molar-refractivity contribution >= 4 is 17.9 Å². The number of carbonyl (C=O) groups is 3.